The number of benzene rings is 1. The first-order valence-corrected chi connectivity index (χ1v) is 7.77. The van der Waals surface area contributed by atoms with Crippen molar-refractivity contribution < 1.29 is 19.0 Å². The highest BCUT2D eigenvalue weighted by Crippen LogP contribution is 2.32. The molecule has 124 valence electrons. The first-order valence-electron chi connectivity index (χ1n) is 7.02. The van der Waals surface area contributed by atoms with Crippen molar-refractivity contribution in [3.63, 3.8) is 0 Å². The summed E-state index contributed by atoms with van der Waals surface area (Å²) in [5.41, 5.74) is 0. The van der Waals surface area contributed by atoms with Gasteiger partial charge in [-0.15, -0.1) is 0 Å². The molecule has 5 nitrogen and oxygen atoms in total. The zero-order valence-electron chi connectivity index (χ0n) is 12.8. The van der Waals surface area contributed by atoms with Crippen molar-refractivity contribution in [1.82, 2.24) is 4.90 Å². The van der Waals surface area contributed by atoms with Crippen molar-refractivity contribution in [2.45, 2.75) is 6.92 Å². The minimum atomic E-state index is -0.269. The normalized spacial score (nSPS) is 10.8. The van der Waals surface area contributed by atoms with Crippen LogP contribution in [0.5, 0.6) is 5.75 Å². The number of rotatable bonds is 10. The maximum absolute atomic E-state index is 11.6. The van der Waals surface area contributed by atoms with Crippen LogP contribution in [0.2, 0.25) is 10.0 Å². The Morgan fingerprint density at radius 1 is 1.18 bits per heavy atom. The van der Waals surface area contributed by atoms with E-state index >= 15 is 0 Å². The highest BCUT2D eigenvalue weighted by molar-refractivity contribution is 6.37. The van der Waals surface area contributed by atoms with Crippen molar-refractivity contribution in [2.24, 2.45) is 0 Å². The van der Waals surface area contributed by atoms with E-state index in [2.05, 4.69) is 0 Å². The lowest BCUT2D eigenvalue weighted by atomic mass is 10.3. The molecule has 0 aliphatic heterocycles. The molecular weight excluding hydrogens is 329 g/mol. The van der Waals surface area contributed by atoms with Gasteiger partial charge in [-0.05, 0) is 19.1 Å². The quantitative estimate of drug-likeness (QED) is 0.608. The third-order valence-corrected chi connectivity index (χ3v) is 3.44. The van der Waals surface area contributed by atoms with Crippen LogP contribution in [0.25, 0.3) is 0 Å². The second-order valence-corrected chi connectivity index (χ2v) is 5.29. The summed E-state index contributed by atoms with van der Waals surface area (Å²) in [4.78, 5) is 13.5. The van der Waals surface area contributed by atoms with Crippen LogP contribution in [0.4, 0.5) is 0 Å². The highest BCUT2D eigenvalue weighted by atomic mass is 35.5. The molecule has 0 aliphatic carbocycles. The van der Waals surface area contributed by atoms with Crippen molar-refractivity contribution in [1.29, 1.82) is 0 Å². The predicted octanol–water partition coefficient (Wildman–Crippen LogP) is 2.88. The molecule has 1 aromatic rings. The Morgan fingerprint density at radius 3 is 2.41 bits per heavy atom. The number of nitrogens with zero attached hydrogens (tertiary/aromatic N) is 1. The van der Waals surface area contributed by atoms with Crippen LogP contribution in [0.1, 0.15) is 6.92 Å². The maximum Gasteiger partial charge on any atom is 0.320 e. The fourth-order valence-corrected chi connectivity index (χ4v) is 2.28. The monoisotopic (exact) mass is 349 g/mol. The summed E-state index contributed by atoms with van der Waals surface area (Å²) in [6.07, 6.45) is 0. The fourth-order valence-electron chi connectivity index (χ4n) is 1.78. The molecule has 0 aliphatic rings. The third kappa shape index (κ3) is 6.83. The summed E-state index contributed by atoms with van der Waals surface area (Å²) in [6.45, 7) is 4.34. The molecule has 0 unspecified atom stereocenters. The van der Waals surface area contributed by atoms with Crippen molar-refractivity contribution in [3.05, 3.63) is 28.2 Å². The van der Waals surface area contributed by atoms with Crippen LogP contribution in [0.3, 0.4) is 0 Å². The summed E-state index contributed by atoms with van der Waals surface area (Å²) in [5, 5.41) is 0.919. The SMILES string of the molecule is CCOC(=O)CN(CCOC)CCOc1c(Cl)cccc1Cl. The Balaban J connectivity index is 2.50. The molecule has 0 fully saturated rings. The molecule has 0 N–H and O–H groups in total. The molecule has 0 amide bonds. The van der Waals surface area contributed by atoms with Gasteiger partial charge in [0.05, 0.1) is 29.8 Å². The Labute approximate surface area is 141 Å². The Morgan fingerprint density at radius 2 is 1.82 bits per heavy atom. The Hall–Kier alpha value is -1.01. The molecule has 0 radical (unpaired) electrons. The number of carbonyl (C=O) groups is 1. The zero-order chi connectivity index (χ0) is 16.4. The maximum atomic E-state index is 11.6. The van der Waals surface area contributed by atoms with E-state index < -0.39 is 0 Å². The van der Waals surface area contributed by atoms with Crippen LogP contribution in [-0.2, 0) is 14.3 Å². The predicted molar refractivity (Wildman–Crippen MR) is 86.9 cm³/mol. The number of hydrogen-bond donors (Lipinski definition) is 0. The average molecular weight is 350 g/mol. The van der Waals surface area contributed by atoms with E-state index in [0.29, 0.717) is 48.7 Å². The molecule has 1 aromatic carbocycles. The van der Waals surface area contributed by atoms with Gasteiger partial charge in [0.25, 0.3) is 0 Å². The van der Waals surface area contributed by atoms with Gasteiger partial charge in [-0.3, -0.25) is 9.69 Å². The minimum Gasteiger partial charge on any atom is -0.489 e. The first kappa shape index (κ1) is 19.0. The van der Waals surface area contributed by atoms with Crippen molar-refractivity contribution in [2.75, 3.05) is 46.6 Å². The number of carbonyl (C=O) groups excluding carboxylic acids is 1. The molecule has 0 aromatic heterocycles. The van der Waals surface area contributed by atoms with Gasteiger partial charge >= 0.3 is 5.97 Å². The van der Waals surface area contributed by atoms with Crippen LogP contribution in [0.15, 0.2) is 18.2 Å². The van der Waals surface area contributed by atoms with Gasteiger partial charge in [-0.1, -0.05) is 29.3 Å². The van der Waals surface area contributed by atoms with E-state index in [1.165, 1.54) is 0 Å². The Bertz CT molecular complexity index is 451. The summed E-state index contributed by atoms with van der Waals surface area (Å²) >= 11 is 12.1. The Kier molecular flexibility index (Phi) is 9.24. The van der Waals surface area contributed by atoms with Gasteiger partial charge in [0.2, 0.25) is 0 Å². The van der Waals surface area contributed by atoms with Crippen LogP contribution in [0, 0.1) is 0 Å². The van der Waals surface area contributed by atoms with E-state index in [1.54, 1.807) is 32.2 Å². The summed E-state index contributed by atoms with van der Waals surface area (Å²) < 4.78 is 15.6. The number of esters is 1. The number of para-hydroxylation sites is 1. The van der Waals surface area contributed by atoms with E-state index in [9.17, 15) is 4.79 Å². The largest absolute Gasteiger partial charge is 0.489 e. The van der Waals surface area contributed by atoms with Gasteiger partial charge in [-0.2, -0.15) is 0 Å². The van der Waals surface area contributed by atoms with Gasteiger partial charge in [0, 0.05) is 20.2 Å². The average Bonchev–Trinajstić information content (AvgIpc) is 2.47. The molecule has 0 saturated heterocycles. The topological polar surface area (TPSA) is 48.0 Å². The summed E-state index contributed by atoms with van der Waals surface area (Å²) in [6, 6.07) is 5.18. The van der Waals surface area contributed by atoms with E-state index in [1.807, 2.05) is 4.90 Å². The molecule has 0 heterocycles. The number of hydrogen-bond acceptors (Lipinski definition) is 5. The lowest BCUT2D eigenvalue weighted by molar-refractivity contribution is -0.144. The highest BCUT2D eigenvalue weighted by Gasteiger charge is 2.13. The first-order chi connectivity index (χ1) is 10.6. The summed E-state index contributed by atoms with van der Waals surface area (Å²) in [5.74, 6) is 0.183. The smallest absolute Gasteiger partial charge is 0.320 e. The number of ether oxygens (including phenoxy) is 3. The molecule has 0 saturated carbocycles. The van der Waals surface area contributed by atoms with Crippen molar-refractivity contribution in [3.8, 4) is 5.75 Å². The van der Waals surface area contributed by atoms with Crippen molar-refractivity contribution >= 4 is 29.2 Å². The molecule has 0 atom stereocenters. The fraction of sp³-hybridized carbons (Fsp3) is 0.533. The van der Waals surface area contributed by atoms with Gasteiger partial charge in [0.1, 0.15) is 6.61 Å². The van der Waals surface area contributed by atoms with E-state index in [4.69, 9.17) is 37.4 Å². The zero-order valence-corrected chi connectivity index (χ0v) is 14.3. The molecule has 1 rings (SSSR count). The standard InChI is InChI=1S/C15H21Cl2NO4/c1-3-21-14(19)11-18(7-9-20-2)8-10-22-15-12(16)5-4-6-13(15)17/h4-6H,3,7-11H2,1-2H3. The molecule has 22 heavy (non-hydrogen) atoms. The van der Waals surface area contributed by atoms with Gasteiger partial charge in [-0.25, -0.2) is 0 Å². The lowest BCUT2D eigenvalue weighted by Gasteiger charge is -2.21. The molecular formula is C15H21Cl2NO4. The van der Waals surface area contributed by atoms with Crippen LogP contribution < -0.4 is 4.74 Å². The molecule has 7 heteroatoms. The number of halogens is 2. The van der Waals surface area contributed by atoms with Gasteiger partial charge < -0.3 is 14.2 Å². The lowest BCUT2D eigenvalue weighted by Crippen LogP contribution is -2.36. The molecule has 0 bridgehead atoms. The van der Waals surface area contributed by atoms with Crippen LogP contribution in [-0.4, -0.2) is 57.4 Å². The van der Waals surface area contributed by atoms with E-state index in [0.717, 1.165) is 0 Å². The van der Waals surface area contributed by atoms with E-state index in [-0.39, 0.29) is 12.5 Å². The molecule has 0 spiro atoms. The third-order valence-electron chi connectivity index (χ3n) is 2.84. The summed E-state index contributed by atoms with van der Waals surface area (Å²) in [7, 11) is 1.61. The second-order valence-electron chi connectivity index (χ2n) is 4.47. The minimum absolute atomic E-state index is 0.191. The number of methoxy groups -OCH3 is 1. The van der Waals surface area contributed by atoms with Crippen LogP contribution >= 0.6 is 23.2 Å². The van der Waals surface area contributed by atoms with Gasteiger partial charge in [0.15, 0.2) is 5.75 Å². The second kappa shape index (κ2) is 10.7.